The number of H-pyrrole nitrogens is 1. The number of hydrogen-bond donors (Lipinski definition) is 2. The van der Waals surface area contributed by atoms with Gasteiger partial charge in [-0.3, -0.25) is 14.3 Å². The predicted molar refractivity (Wildman–Crippen MR) is 45.0 cm³/mol. The summed E-state index contributed by atoms with van der Waals surface area (Å²) < 4.78 is 5.33. The van der Waals surface area contributed by atoms with Crippen molar-refractivity contribution in [1.82, 2.24) is 9.55 Å². The van der Waals surface area contributed by atoms with Crippen LogP contribution in [0.2, 0.25) is 0 Å². The molecular weight excluding hydrogens is 192 g/mol. The van der Waals surface area contributed by atoms with E-state index in [1.165, 1.54) is 0 Å². The summed E-state index contributed by atoms with van der Waals surface area (Å²) in [4.78, 5) is 34.3. The van der Waals surface area contributed by atoms with E-state index in [1.54, 1.807) is 0 Å². The molecule has 1 aromatic heterocycles. The van der Waals surface area contributed by atoms with Gasteiger partial charge in [0, 0.05) is 19.4 Å². The molecule has 1 aromatic rings. The van der Waals surface area contributed by atoms with Crippen LogP contribution in [0.5, 0.6) is 0 Å². The van der Waals surface area contributed by atoms with Crippen LogP contribution in [-0.2, 0) is 9.53 Å². The first kappa shape index (κ1) is 10.2. The number of methoxy groups -OCH3 is 1. The molecule has 7 nitrogen and oxygen atoms in total. The zero-order valence-corrected chi connectivity index (χ0v) is 7.26. The molecule has 1 heterocycles. The fourth-order valence-electron chi connectivity index (χ4n) is 0.945. The van der Waals surface area contributed by atoms with Gasteiger partial charge in [0.05, 0.1) is 0 Å². The quantitative estimate of drug-likeness (QED) is 0.635. The first-order valence-electron chi connectivity index (χ1n) is 3.63. The lowest BCUT2D eigenvalue weighted by Crippen LogP contribution is -2.35. The highest BCUT2D eigenvalue weighted by Crippen LogP contribution is 2.01. The molecule has 1 rings (SSSR count). The van der Waals surface area contributed by atoms with Gasteiger partial charge in [-0.15, -0.1) is 0 Å². The van der Waals surface area contributed by atoms with Crippen LogP contribution in [0.15, 0.2) is 21.9 Å². The van der Waals surface area contributed by atoms with E-state index in [9.17, 15) is 14.4 Å². The minimum absolute atomic E-state index is 0.591. The molecule has 14 heavy (non-hydrogen) atoms. The zero-order chi connectivity index (χ0) is 10.7. The molecule has 0 fully saturated rings. The molecule has 7 heteroatoms. The molecule has 0 spiro atoms. The molecule has 0 amide bonds. The Hall–Kier alpha value is -1.89. The number of nitrogens with one attached hydrogen (secondary N) is 1. The monoisotopic (exact) mass is 200 g/mol. The Morgan fingerprint density at radius 2 is 2.29 bits per heavy atom. The SMILES string of the molecule is COC(C(=O)O)n1ccc(=O)[nH]c1=O. The van der Waals surface area contributed by atoms with Crippen molar-refractivity contribution < 1.29 is 14.6 Å². The lowest BCUT2D eigenvalue weighted by molar-refractivity contribution is -0.154. The molecule has 0 radical (unpaired) electrons. The molecular formula is C7H8N2O5. The highest BCUT2D eigenvalue weighted by molar-refractivity contribution is 5.70. The lowest BCUT2D eigenvalue weighted by atomic mass is 10.5. The molecule has 0 aliphatic carbocycles. The van der Waals surface area contributed by atoms with E-state index in [-0.39, 0.29) is 0 Å². The third kappa shape index (κ3) is 1.88. The zero-order valence-electron chi connectivity index (χ0n) is 7.26. The van der Waals surface area contributed by atoms with Crippen LogP contribution in [0.4, 0.5) is 0 Å². The van der Waals surface area contributed by atoms with Gasteiger partial charge >= 0.3 is 11.7 Å². The van der Waals surface area contributed by atoms with Crippen molar-refractivity contribution in [1.29, 1.82) is 0 Å². The highest BCUT2D eigenvalue weighted by Gasteiger charge is 2.19. The van der Waals surface area contributed by atoms with E-state index in [4.69, 9.17) is 5.11 Å². The van der Waals surface area contributed by atoms with Gasteiger partial charge in [0.1, 0.15) is 0 Å². The number of aromatic nitrogens is 2. The largest absolute Gasteiger partial charge is 0.478 e. The van der Waals surface area contributed by atoms with Crippen LogP contribution < -0.4 is 11.2 Å². The Morgan fingerprint density at radius 3 is 2.71 bits per heavy atom. The summed E-state index contributed by atoms with van der Waals surface area (Å²) in [7, 11) is 1.15. The van der Waals surface area contributed by atoms with Crippen molar-refractivity contribution in [3.05, 3.63) is 33.1 Å². The maximum Gasteiger partial charge on any atom is 0.354 e. The van der Waals surface area contributed by atoms with Crippen LogP contribution in [0.3, 0.4) is 0 Å². The van der Waals surface area contributed by atoms with Crippen LogP contribution in [0, 0.1) is 0 Å². The van der Waals surface area contributed by atoms with Crippen LogP contribution in [0.25, 0.3) is 0 Å². The van der Waals surface area contributed by atoms with Crippen molar-refractivity contribution in [2.24, 2.45) is 0 Å². The molecule has 1 atom stereocenters. The minimum atomic E-state index is -1.43. The van der Waals surface area contributed by atoms with E-state index < -0.39 is 23.4 Å². The molecule has 1 unspecified atom stereocenters. The van der Waals surface area contributed by atoms with Gasteiger partial charge < -0.3 is 9.84 Å². The van der Waals surface area contributed by atoms with Gasteiger partial charge in [0.25, 0.3) is 5.56 Å². The van der Waals surface area contributed by atoms with E-state index in [0.29, 0.717) is 0 Å². The second-order valence-electron chi connectivity index (χ2n) is 2.44. The number of aliphatic carboxylic acids is 1. The number of carboxylic acid groups (broad SMARTS) is 1. The van der Waals surface area contributed by atoms with Gasteiger partial charge in [-0.05, 0) is 0 Å². The Labute approximate surface area is 77.6 Å². The maximum absolute atomic E-state index is 11.1. The van der Waals surface area contributed by atoms with E-state index in [1.807, 2.05) is 4.98 Å². The summed E-state index contributed by atoms with van der Waals surface area (Å²) in [5, 5.41) is 8.64. The summed E-state index contributed by atoms with van der Waals surface area (Å²) in [5.41, 5.74) is -1.42. The number of ether oxygens (including phenoxy) is 1. The van der Waals surface area contributed by atoms with E-state index in [2.05, 4.69) is 4.74 Å². The van der Waals surface area contributed by atoms with Gasteiger partial charge in [-0.2, -0.15) is 0 Å². The van der Waals surface area contributed by atoms with Crippen molar-refractivity contribution in [2.75, 3.05) is 7.11 Å². The number of carbonyl (C=O) groups is 1. The molecule has 76 valence electrons. The standard InChI is InChI=1S/C7H8N2O5/c1-14-5(6(11)12)9-3-2-4(10)8-7(9)13/h2-3,5H,1H3,(H,11,12)(H,8,10,13). The average Bonchev–Trinajstić information content (AvgIpc) is 2.09. The Kier molecular flexibility index (Phi) is 2.82. The predicted octanol–water partition coefficient (Wildman–Crippen LogP) is -1.23. The fraction of sp³-hybridized carbons (Fsp3) is 0.286. The average molecular weight is 200 g/mol. The number of rotatable bonds is 3. The molecule has 0 saturated carbocycles. The van der Waals surface area contributed by atoms with Gasteiger partial charge in [0.15, 0.2) is 0 Å². The van der Waals surface area contributed by atoms with Crippen molar-refractivity contribution in [2.45, 2.75) is 6.23 Å². The smallest absolute Gasteiger partial charge is 0.354 e. The highest BCUT2D eigenvalue weighted by atomic mass is 16.5. The van der Waals surface area contributed by atoms with Crippen LogP contribution >= 0.6 is 0 Å². The Balaban J connectivity index is 3.24. The third-order valence-corrected chi connectivity index (χ3v) is 1.54. The van der Waals surface area contributed by atoms with Gasteiger partial charge in [0.2, 0.25) is 6.23 Å². The molecule has 0 aliphatic heterocycles. The summed E-state index contributed by atoms with van der Waals surface area (Å²) in [6, 6.07) is 1.04. The fourth-order valence-corrected chi connectivity index (χ4v) is 0.945. The summed E-state index contributed by atoms with van der Waals surface area (Å²) in [6.07, 6.45) is -0.372. The second-order valence-corrected chi connectivity index (χ2v) is 2.44. The first-order chi connectivity index (χ1) is 6.56. The summed E-state index contributed by atoms with van der Waals surface area (Å²) in [6.45, 7) is 0. The molecule has 0 aliphatic rings. The van der Waals surface area contributed by atoms with Crippen molar-refractivity contribution in [3.63, 3.8) is 0 Å². The van der Waals surface area contributed by atoms with Gasteiger partial charge in [-0.1, -0.05) is 0 Å². The normalized spacial score (nSPS) is 12.4. The number of aromatic amines is 1. The molecule has 2 N–H and O–H groups in total. The van der Waals surface area contributed by atoms with E-state index in [0.717, 1.165) is 23.9 Å². The third-order valence-electron chi connectivity index (χ3n) is 1.54. The maximum atomic E-state index is 11.1. The van der Waals surface area contributed by atoms with Crippen molar-refractivity contribution in [3.8, 4) is 0 Å². The number of nitrogens with zero attached hydrogens (tertiary/aromatic N) is 1. The van der Waals surface area contributed by atoms with Crippen LogP contribution in [-0.4, -0.2) is 27.7 Å². The van der Waals surface area contributed by atoms with Crippen molar-refractivity contribution >= 4 is 5.97 Å². The van der Waals surface area contributed by atoms with Gasteiger partial charge in [-0.25, -0.2) is 9.59 Å². The topological polar surface area (TPSA) is 101 Å². The first-order valence-corrected chi connectivity index (χ1v) is 3.63. The summed E-state index contributed by atoms with van der Waals surface area (Å²) in [5.74, 6) is -1.32. The molecule has 0 saturated heterocycles. The van der Waals surface area contributed by atoms with Crippen LogP contribution in [0.1, 0.15) is 6.23 Å². The second kappa shape index (κ2) is 3.88. The number of hydrogen-bond acceptors (Lipinski definition) is 4. The number of carboxylic acids is 1. The minimum Gasteiger partial charge on any atom is -0.478 e. The van der Waals surface area contributed by atoms with E-state index >= 15 is 0 Å². The lowest BCUT2D eigenvalue weighted by Gasteiger charge is -2.11. The molecule has 0 bridgehead atoms. The summed E-state index contributed by atoms with van der Waals surface area (Å²) >= 11 is 0. The Bertz CT molecular complexity index is 446. The molecule has 0 aromatic carbocycles. The Morgan fingerprint density at radius 1 is 1.64 bits per heavy atom.